The first-order valence-corrected chi connectivity index (χ1v) is 7.00. The quantitative estimate of drug-likeness (QED) is 0.619. The van der Waals surface area contributed by atoms with Gasteiger partial charge in [0.25, 0.3) is 17.3 Å². The maximum absolute atomic E-state index is 11.8. The van der Waals surface area contributed by atoms with Gasteiger partial charge >= 0.3 is 0 Å². The molecule has 0 spiro atoms. The molecule has 9 nitrogen and oxygen atoms in total. The van der Waals surface area contributed by atoms with Gasteiger partial charge in [0, 0.05) is 23.9 Å². The minimum atomic E-state index is -0.705. The van der Waals surface area contributed by atoms with Crippen molar-refractivity contribution in [3.63, 3.8) is 0 Å². The molecule has 0 bridgehead atoms. The first-order chi connectivity index (χ1) is 11.4. The molecule has 0 heterocycles. The van der Waals surface area contributed by atoms with Crippen LogP contribution in [-0.4, -0.2) is 22.3 Å². The van der Waals surface area contributed by atoms with Gasteiger partial charge < -0.3 is 10.6 Å². The molecule has 0 aliphatic carbocycles. The maximum Gasteiger partial charge on any atom is 0.299 e. The van der Waals surface area contributed by atoms with Crippen molar-refractivity contribution in [2.45, 2.75) is 6.92 Å². The van der Waals surface area contributed by atoms with E-state index in [0.29, 0.717) is 17.8 Å². The van der Waals surface area contributed by atoms with Crippen molar-refractivity contribution in [2.75, 3.05) is 11.9 Å². The van der Waals surface area contributed by atoms with E-state index in [1.165, 1.54) is 18.2 Å². The number of benzene rings is 2. The average Bonchev–Trinajstić information content (AvgIpc) is 2.55. The van der Waals surface area contributed by atoms with Gasteiger partial charge in [0.05, 0.1) is 15.9 Å². The summed E-state index contributed by atoms with van der Waals surface area (Å²) in [5.41, 5.74) is 0.150. The monoisotopic (exact) mass is 330 g/mol. The molecule has 0 saturated carbocycles. The minimum absolute atomic E-state index is 0.0960. The zero-order valence-corrected chi connectivity index (χ0v) is 12.7. The van der Waals surface area contributed by atoms with Crippen LogP contribution in [0.25, 0.3) is 0 Å². The number of nitro groups is 2. The SMILES string of the molecule is CCNC(=O)c1cccc(Nc2ccc([N+](=O)[O-])cc2[N+](=O)[O-])c1. The van der Waals surface area contributed by atoms with Crippen LogP contribution < -0.4 is 10.6 Å². The number of non-ortho nitro benzene ring substituents is 1. The van der Waals surface area contributed by atoms with E-state index in [1.54, 1.807) is 25.1 Å². The van der Waals surface area contributed by atoms with E-state index in [2.05, 4.69) is 10.6 Å². The van der Waals surface area contributed by atoms with Crippen molar-refractivity contribution in [3.8, 4) is 0 Å². The molecule has 2 aromatic carbocycles. The Morgan fingerprint density at radius 1 is 1.08 bits per heavy atom. The van der Waals surface area contributed by atoms with E-state index in [9.17, 15) is 25.0 Å². The summed E-state index contributed by atoms with van der Waals surface area (Å²) in [6, 6.07) is 9.72. The van der Waals surface area contributed by atoms with Crippen molar-refractivity contribution in [3.05, 3.63) is 68.3 Å². The van der Waals surface area contributed by atoms with Crippen LogP contribution in [-0.2, 0) is 0 Å². The number of nitro benzene ring substituents is 2. The summed E-state index contributed by atoms with van der Waals surface area (Å²) in [6.45, 7) is 2.27. The number of nitrogens with zero attached hydrogens (tertiary/aromatic N) is 2. The van der Waals surface area contributed by atoms with Gasteiger partial charge in [-0.25, -0.2) is 0 Å². The Bertz CT molecular complexity index is 806. The highest BCUT2D eigenvalue weighted by Crippen LogP contribution is 2.31. The topological polar surface area (TPSA) is 127 Å². The van der Waals surface area contributed by atoms with Crippen LogP contribution in [0.4, 0.5) is 22.7 Å². The summed E-state index contributed by atoms with van der Waals surface area (Å²) in [6.07, 6.45) is 0. The fourth-order valence-corrected chi connectivity index (χ4v) is 2.05. The molecule has 0 aliphatic heterocycles. The molecule has 0 radical (unpaired) electrons. The van der Waals surface area contributed by atoms with Gasteiger partial charge in [0.1, 0.15) is 5.69 Å². The largest absolute Gasteiger partial charge is 0.352 e. The molecule has 0 fully saturated rings. The van der Waals surface area contributed by atoms with Gasteiger partial charge in [-0.05, 0) is 31.2 Å². The first kappa shape index (κ1) is 16.9. The lowest BCUT2D eigenvalue weighted by atomic mass is 10.1. The second-order valence-corrected chi connectivity index (χ2v) is 4.78. The normalized spacial score (nSPS) is 10.0. The summed E-state index contributed by atoms with van der Waals surface area (Å²) in [5.74, 6) is -0.264. The Hall–Kier alpha value is -3.49. The smallest absolute Gasteiger partial charge is 0.299 e. The predicted octanol–water partition coefficient (Wildman–Crippen LogP) is 3.00. The number of carbonyl (C=O) groups excluding carboxylic acids is 1. The van der Waals surface area contributed by atoms with Crippen molar-refractivity contribution < 1.29 is 14.6 Å². The van der Waals surface area contributed by atoms with E-state index in [0.717, 1.165) is 6.07 Å². The third-order valence-electron chi connectivity index (χ3n) is 3.13. The number of hydrogen-bond donors (Lipinski definition) is 2. The van der Waals surface area contributed by atoms with Gasteiger partial charge in [-0.1, -0.05) is 6.07 Å². The molecule has 0 unspecified atom stereocenters. The molecule has 24 heavy (non-hydrogen) atoms. The van der Waals surface area contributed by atoms with E-state index < -0.39 is 15.5 Å². The zero-order valence-electron chi connectivity index (χ0n) is 12.7. The summed E-state index contributed by atoms with van der Waals surface area (Å²) in [4.78, 5) is 32.3. The third kappa shape index (κ3) is 3.83. The Morgan fingerprint density at radius 3 is 2.46 bits per heavy atom. The van der Waals surface area contributed by atoms with E-state index >= 15 is 0 Å². The fraction of sp³-hybridized carbons (Fsp3) is 0.133. The highest BCUT2D eigenvalue weighted by atomic mass is 16.6. The van der Waals surface area contributed by atoms with Crippen molar-refractivity contribution >= 4 is 28.7 Å². The molecule has 0 aromatic heterocycles. The van der Waals surface area contributed by atoms with Gasteiger partial charge in [-0.2, -0.15) is 0 Å². The van der Waals surface area contributed by atoms with Crippen LogP contribution in [0, 0.1) is 20.2 Å². The molecule has 124 valence electrons. The lowest BCUT2D eigenvalue weighted by Crippen LogP contribution is -2.22. The Morgan fingerprint density at radius 2 is 1.83 bits per heavy atom. The highest BCUT2D eigenvalue weighted by molar-refractivity contribution is 5.95. The van der Waals surface area contributed by atoms with Crippen molar-refractivity contribution in [1.82, 2.24) is 5.32 Å². The number of carbonyl (C=O) groups is 1. The van der Waals surface area contributed by atoms with Crippen molar-refractivity contribution in [1.29, 1.82) is 0 Å². The van der Waals surface area contributed by atoms with E-state index in [-0.39, 0.29) is 17.3 Å². The number of nitrogens with one attached hydrogen (secondary N) is 2. The Labute approximate surface area is 136 Å². The Kier molecular flexibility index (Phi) is 5.05. The van der Waals surface area contributed by atoms with Crippen LogP contribution >= 0.6 is 0 Å². The lowest BCUT2D eigenvalue weighted by Gasteiger charge is -2.09. The molecule has 2 rings (SSSR count). The molecule has 1 amide bonds. The molecule has 0 atom stereocenters. The fourth-order valence-electron chi connectivity index (χ4n) is 2.05. The second kappa shape index (κ2) is 7.18. The lowest BCUT2D eigenvalue weighted by molar-refractivity contribution is -0.393. The van der Waals surface area contributed by atoms with Crippen LogP contribution in [0.1, 0.15) is 17.3 Å². The second-order valence-electron chi connectivity index (χ2n) is 4.78. The first-order valence-electron chi connectivity index (χ1n) is 7.00. The molecular formula is C15H14N4O5. The molecule has 0 aliphatic rings. The van der Waals surface area contributed by atoms with E-state index in [1.807, 2.05) is 0 Å². The highest BCUT2D eigenvalue weighted by Gasteiger charge is 2.19. The average molecular weight is 330 g/mol. The van der Waals surface area contributed by atoms with Crippen molar-refractivity contribution in [2.24, 2.45) is 0 Å². The van der Waals surface area contributed by atoms with Crippen LogP contribution in [0.3, 0.4) is 0 Å². The summed E-state index contributed by atoms with van der Waals surface area (Å²) >= 11 is 0. The number of amides is 1. The van der Waals surface area contributed by atoms with Gasteiger partial charge in [0.2, 0.25) is 0 Å². The standard InChI is InChI=1S/C15H14N4O5/c1-2-16-15(20)10-4-3-5-11(8-10)17-13-7-6-12(18(21)22)9-14(13)19(23)24/h3-9,17H,2H2,1H3,(H,16,20). The molecular weight excluding hydrogens is 316 g/mol. The van der Waals surface area contributed by atoms with Crippen LogP contribution in [0.2, 0.25) is 0 Å². The molecule has 0 saturated heterocycles. The summed E-state index contributed by atoms with van der Waals surface area (Å²) in [7, 11) is 0. The van der Waals surface area contributed by atoms with E-state index in [4.69, 9.17) is 0 Å². The molecule has 2 N–H and O–H groups in total. The number of hydrogen-bond acceptors (Lipinski definition) is 6. The summed E-state index contributed by atoms with van der Waals surface area (Å²) < 4.78 is 0. The minimum Gasteiger partial charge on any atom is -0.352 e. The Balaban J connectivity index is 2.34. The van der Waals surface area contributed by atoms with Gasteiger partial charge in [0.15, 0.2) is 0 Å². The summed E-state index contributed by atoms with van der Waals surface area (Å²) in [5, 5.41) is 27.3. The maximum atomic E-state index is 11.8. The number of rotatable bonds is 6. The van der Waals surface area contributed by atoms with Crippen LogP contribution in [0.5, 0.6) is 0 Å². The van der Waals surface area contributed by atoms with Gasteiger partial charge in [-0.15, -0.1) is 0 Å². The van der Waals surface area contributed by atoms with Crippen LogP contribution in [0.15, 0.2) is 42.5 Å². The number of anilines is 2. The van der Waals surface area contributed by atoms with Gasteiger partial charge in [-0.3, -0.25) is 25.0 Å². The third-order valence-corrected chi connectivity index (χ3v) is 3.13. The molecule has 9 heteroatoms. The predicted molar refractivity (Wildman–Crippen MR) is 87.5 cm³/mol. The molecule has 2 aromatic rings. The zero-order chi connectivity index (χ0) is 17.7.